The monoisotopic (exact) mass is 455 g/mol. The fraction of sp³-hybridized carbons (Fsp3) is 0.440. The predicted molar refractivity (Wildman–Crippen MR) is 121 cm³/mol. The van der Waals surface area contributed by atoms with Crippen molar-refractivity contribution < 1.29 is 23.5 Å². The van der Waals surface area contributed by atoms with E-state index in [2.05, 4.69) is 5.32 Å². The van der Waals surface area contributed by atoms with Crippen LogP contribution in [0.25, 0.3) is 0 Å². The Labute approximate surface area is 193 Å². The minimum Gasteiger partial charge on any atom is -0.376 e. The number of hydrogen-bond donors (Lipinski definition) is 1. The summed E-state index contributed by atoms with van der Waals surface area (Å²) >= 11 is 0. The van der Waals surface area contributed by atoms with E-state index in [1.165, 1.54) is 24.3 Å². The van der Waals surface area contributed by atoms with Gasteiger partial charge in [-0.2, -0.15) is 0 Å². The average molecular weight is 456 g/mol. The third-order valence-electron chi connectivity index (χ3n) is 5.96. The average Bonchev–Trinajstić information content (AvgIpc) is 3.36. The zero-order chi connectivity index (χ0) is 23.0. The van der Waals surface area contributed by atoms with E-state index in [1.807, 2.05) is 30.3 Å². The molecular formula is C25H30FN3O4. The van der Waals surface area contributed by atoms with Gasteiger partial charge in [0.15, 0.2) is 0 Å². The van der Waals surface area contributed by atoms with Gasteiger partial charge in [0.25, 0.3) is 5.91 Å². The largest absolute Gasteiger partial charge is 0.376 e. The predicted octanol–water partition coefficient (Wildman–Crippen LogP) is 3.06. The number of hydrogen-bond acceptors (Lipinski definition) is 4. The SMILES string of the molecule is O=C(NCc1ccccc1)N1CCOC(CN(CC2CCCO2)C(=O)c2ccc(F)cc2)C1. The second kappa shape index (κ2) is 11.2. The molecule has 2 aliphatic heterocycles. The summed E-state index contributed by atoms with van der Waals surface area (Å²) in [4.78, 5) is 29.3. The van der Waals surface area contributed by atoms with Crippen molar-refractivity contribution in [3.8, 4) is 0 Å². The Hall–Kier alpha value is -2.97. The van der Waals surface area contributed by atoms with Crippen LogP contribution in [0.2, 0.25) is 0 Å². The summed E-state index contributed by atoms with van der Waals surface area (Å²) in [6.45, 7) is 3.21. The fourth-order valence-electron chi connectivity index (χ4n) is 4.19. The zero-order valence-electron chi connectivity index (χ0n) is 18.6. The molecule has 7 nitrogen and oxygen atoms in total. The van der Waals surface area contributed by atoms with Gasteiger partial charge in [0.1, 0.15) is 5.82 Å². The topological polar surface area (TPSA) is 71.1 Å². The molecule has 3 amide bonds. The van der Waals surface area contributed by atoms with Crippen molar-refractivity contribution in [1.82, 2.24) is 15.1 Å². The molecule has 2 atom stereocenters. The van der Waals surface area contributed by atoms with Gasteiger partial charge in [0, 0.05) is 38.3 Å². The molecule has 4 rings (SSSR count). The van der Waals surface area contributed by atoms with E-state index < -0.39 is 0 Å². The Balaban J connectivity index is 1.37. The number of carbonyl (C=O) groups excluding carboxylic acids is 2. The first-order valence-corrected chi connectivity index (χ1v) is 11.4. The van der Waals surface area contributed by atoms with Crippen LogP contribution in [0.5, 0.6) is 0 Å². The third kappa shape index (κ3) is 6.52. The number of urea groups is 1. The summed E-state index contributed by atoms with van der Waals surface area (Å²) in [5.74, 6) is -0.579. The number of benzene rings is 2. The van der Waals surface area contributed by atoms with Crippen LogP contribution in [0.4, 0.5) is 9.18 Å². The maximum atomic E-state index is 13.3. The molecule has 2 aromatic carbocycles. The first-order valence-electron chi connectivity index (χ1n) is 11.4. The highest BCUT2D eigenvalue weighted by Gasteiger charge is 2.30. The number of amides is 3. The maximum absolute atomic E-state index is 13.3. The van der Waals surface area contributed by atoms with Crippen molar-refractivity contribution >= 4 is 11.9 Å². The van der Waals surface area contributed by atoms with E-state index in [0.29, 0.717) is 51.5 Å². The lowest BCUT2D eigenvalue weighted by Crippen LogP contribution is -2.53. The van der Waals surface area contributed by atoms with Gasteiger partial charge in [-0.15, -0.1) is 0 Å². The standard InChI is InChI=1S/C25H30FN3O4/c26-21-10-8-20(9-11-21)24(30)29(16-22-7-4-13-32-22)18-23-17-28(12-14-33-23)25(31)27-15-19-5-2-1-3-6-19/h1-3,5-6,8-11,22-23H,4,7,12-18H2,(H,27,31). The molecule has 0 saturated carbocycles. The summed E-state index contributed by atoms with van der Waals surface area (Å²) < 4.78 is 25.0. The lowest BCUT2D eigenvalue weighted by Gasteiger charge is -2.36. The third-order valence-corrected chi connectivity index (χ3v) is 5.96. The smallest absolute Gasteiger partial charge is 0.317 e. The van der Waals surface area contributed by atoms with Gasteiger partial charge < -0.3 is 24.6 Å². The van der Waals surface area contributed by atoms with E-state index in [0.717, 1.165) is 18.4 Å². The minimum absolute atomic E-state index is 0.0248. The van der Waals surface area contributed by atoms with Gasteiger partial charge in [0.05, 0.1) is 25.4 Å². The number of carbonyl (C=O) groups is 2. The molecule has 0 spiro atoms. The van der Waals surface area contributed by atoms with Crippen LogP contribution >= 0.6 is 0 Å². The normalized spacial score (nSPS) is 20.5. The molecule has 2 fully saturated rings. The van der Waals surface area contributed by atoms with Crippen molar-refractivity contribution in [3.63, 3.8) is 0 Å². The Kier molecular flexibility index (Phi) is 7.91. The zero-order valence-corrected chi connectivity index (χ0v) is 18.6. The van der Waals surface area contributed by atoms with E-state index >= 15 is 0 Å². The van der Waals surface area contributed by atoms with Crippen LogP contribution in [-0.2, 0) is 16.0 Å². The van der Waals surface area contributed by atoms with Crippen molar-refractivity contribution in [3.05, 3.63) is 71.5 Å². The molecule has 2 heterocycles. The maximum Gasteiger partial charge on any atom is 0.317 e. The van der Waals surface area contributed by atoms with Crippen LogP contribution in [-0.4, -0.2) is 73.3 Å². The lowest BCUT2D eigenvalue weighted by molar-refractivity contribution is -0.0329. The van der Waals surface area contributed by atoms with E-state index in [-0.39, 0.29) is 30.0 Å². The Morgan fingerprint density at radius 3 is 2.45 bits per heavy atom. The second-order valence-electron chi connectivity index (χ2n) is 8.44. The Morgan fingerprint density at radius 1 is 1.00 bits per heavy atom. The van der Waals surface area contributed by atoms with E-state index in [1.54, 1.807) is 9.80 Å². The molecular weight excluding hydrogens is 425 g/mol. The van der Waals surface area contributed by atoms with Crippen molar-refractivity contribution in [1.29, 1.82) is 0 Å². The molecule has 0 radical (unpaired) electrons. The van der Waals surface area contributed by atoms with Gasteiger partial charge in [-0.25, -0.2) is 9.18 Å². The summed E-state index contributed by atoms with van der Waals surface area (Å²) in [7, 11) is 0. The minimum atomic E-state index is -0.384. The highest BCUT2D eigenvalue weighted by Crippen LogP contribution is 2.17. The highest BCUT2D eigenvalue weighted by atomic mass is 19.1. The molecule has 0 aliphatic carbocycles. The Morgan fingerprint density at radius 2 is 1.73 bits per heavy atom. The van der Waals surface area contributed by atoms with Crippen LogP contribution < -0.4 is 5.32 Å². The first-order chi connectivity index (χ1) is 16.1. The van der Waals surface area contributed by atoms with Gasteiger partial charge in [0.2, 0.25) is 0 Å². The number of ether oxygens (including phenoxy) is 2. The number of nitrogens with zero attached hydrogens (tertiary/aromatic N) is 2. The highest BCUT2D eigenvalue weighted by molar-refractivity contribution is 5.94. The molecule has 2 saturated heterocycles. The van der Waals surface area contributed by atoms with Gasteiger partial charge in [-0.1, -0.05) is 30.3 Å². The molecule has 33 heavy (non-hydrogen) atoms. The molecule has 0 bridgehead atoms. The van der Waals surface area contributed by atoms with Gasteiger partial charge in [-0.3, -0.25) is 4.79 Å². The van der Waals surface area contributed by atoms with Crippen molar-refractivity contribution in [2.24, 2.45) is 0 Å². The van der Waals surface area contributed by atoms with Crippen LogP contribution in [0.15, 0.2) is 54.6 Å². The fourth-order valence-corrected chi connectivity index (χ4v) is 4.19. The van der Waals surface area contributed by atoms with E-state index in [4.69, 9.17) is 9.47 Å². The number of nitrogens with one attached hydrogen (secondary N) is 1. The number of halogens is 1. The van der Waals surface area contributed by atoms with Gasteiger partial charge in [-0.05, 0) is 42.7 Å². The molecule has 2 aliphatic rings. The molecule has 2 unspecified atom stereocenters. The Bertz CT molecular complexity index is 919. The molecule has 176 valence electrons. The first kappa shape index (κ1) is 23.2. The number of rotatable bonds is 7. The van der Waals surface area contributed by atoms with Crippen LogP contribution in [0, 0.1) is 5.82 Å². The molecule has 0 aromatic heterocycles. The second-order valence-corrected chi connectivity index (χ2v) is 8.44. The summed E-state index contributed by atoms with van der Waals surface area (Å²) in [6, 6.07) is 15.1. The lowest BCUT2D eigenvalue weighted by atomic mass is 10.1. The molecule has 1 N–H and O–H groups in total. The van der Waals surface area contributed by atoms with Gasteiger partial charge >= 0.3 is 6.03 Å². The van der Waals surface area contributed by atoms with Crippen molar-refractivity contribution in [2.45, 2.75) is 31.6 Å². The van der Waals surface area contributed by atoms with Crippen molar-refractivity contribution in [2.75, 3.05) is 39.4 Å². The van der Waals surface area contributed by atoms with Crippen LogP contribution in [0.1, 0.15) is 28.8 Å². The summed E-state index contributed by atoms with van der Waals surface area (Å²) in [5.41, 5.74) is 1.45. The summed E-state index contributed by atoms with van der Waals surface area (Å²) in [6.07, 6.45) is 1.53. The van der Waals surface area contributed by atoms with Crippen LogP contribution in [0.3, 0.4) is 0 Å². The summed E-state index contributed by atoms with van der Waals surface area (Å²) in [5, 5.41) is 2.95. The molecule has 8 heteroatoms. The quantitative estimate of drug-likeness (QED) is 0.697. The molecule has 2 aromatic rings. The van der Waals surface area contributed by atoms with E-state index in [9.17, 15) is 14.0 Å². The number of morpholine rings is 1.